The molecule has 3 amide bonds. The number of alkyl halides is 3. The Kier molecular flexibility index (Phi) is 6.07. The maximum absolute atomic E-state index is 12.7. The number of hydrogen-bond acceptors (Lipinski definition) is 4. The third-order valence-electron chi connectivity index (χ3n) is 6.29. The molecule has 2 aromatic rings. The molecule has 0 unspecified atom stereocenters. The molecule has 1 aromatic heterocycles. The summed E-state index contributed by atoms with van der Waals surface area (Å²) >= 11 is 1.33. The van der Waals surface area contributed by atoms with Crippen molar-refractivity contribution in [3.05, 3.63) is 46.8 Å². The predicted molar refractivity (Wildman–Crippen MR) is 115 cm³/mol. The number of piperidine rings is 1. The van der Waals surface area contributed by atoms with E-state index in [0.717, 1.165) is 31.4 Å². The number of rotatable bonds is 3. The van der Waals surface area contributed by atoms with Crippen LogP contribution in [0.3, 0.4) is 0 Å². The van der Waals surface area contributed by atoms with Crippen LogP contribution in [0, 0.1) is 5.41 Å². The molecule has 0 aliphatic carbocycles. The number of likely N-dealkylation sites (tertiary alicyclic amines) is 2. The van der Waals surface area contributed by atoms with Crippen molar-refractivity contribution in [3.8, 4) is 5.06 Å². The number of nitrogens with zero attached hydrogens (tertiary/aromatic N) is 2. The fourth-order valence-corrected chi connectivity index (χ4v) is 5.14. The third-order valence-corrected chi connectivity index (χ3v) is 7.33. The zero-order valence-corrected chi connectivity index (χ0v) is 18.4. The molecule has 0 bridgehead atoms. The highest BCUT2D eigenvalue weighted by Gasteiger charge is 2.43. The van der Waals surface area contributed by atoms with E-state index in [-0.39, 0.29) is 17.4 Å². The van der Waals surface area contributed by atoms with Crippen molar-refractivity contribution in [1.29, 1.82) is 0 Å². The van der Waals surface area contributed by atoms with Gasteiger partial charge in [-0.2, -0.15) is 13.2 Å². The van der Waals surface area contributed by atoms with Crippen LogP contribution in [0.15, 0.2) is 36.4 Å². The largest absolute Gasteiger partial charge is 0.487 e. The molecular formula is C22H24F3N3O3S. The number of nitrogens with one attached hydrogen (secondary N) is 1. The normalized spacial score (nSPS) is 18.1. The minimum absolute atomic E-state index is 0.00282. The van der Waals surface area contributed by atoms with E-state index in [1.807, 2.05) is 4.90 Å². The van der Waals surface area contributed by atoms with Gasteiger partial charge in [-0.3, -0.25) is 4.79 Å². The monoisotopic (exact) mass is 467 g/mol. The molecule has 2 fully saturated rings. The van der Waals surface area contributed by atoms with Gasteiger partial charge in [0.25, 0.3) is 5.91 Å². The molecule has 10 heteroatoms. The minimum Gasteiger partial charge on any atom is -0.487 e. The molecule has 2 saturated heterocycles. The number of methoxy groups -OCH3 is 1. The lowest BCUT2D eigenvalue weighted by atomic mass is 9.78. The number of benzene rings is 1. The summed E-state index contributed by atoms with van der Waals surface area (Å²) in [7, 11) is 1.57. The fourth-order valence-electron chi connectivity index (χ4n) is 4.35. The first kappa shape index (κ1) is 22.4. The lowest BCUT2D eigenvalue weighted by Crippen LogP contribution is -2.44. The summed E-state index contributed by atoms with van der Waals surface area (Å²) in [4.78, 5) is 29.6. The lowest BCUT2D eigenvalue weighted by molar-refractivity contribution is -0.137. The second-order valence-electron chi connectivity index (χ2n) is 8.29. The highest BCUT2D eigenvalue weighted by molar-refractivity contribution is 7.15. The molecule has 6 nitrogen and oxygen atoms in total. The number of amides is 3. The van der Waals surface area contributed by atoms with E-state index in [4.69, 9.17) is 4.74 Å². The van der Waals surface area contributed by atoms with Crippen molar-refractivity contribution in [2.24, 2.45) is 5.41 Å². The highest BCUT2D eigenvalue weighted by Crippen LogP contribution is 2.41. The maximum Gasteiger partial charge on any atom is 0.416 e. The average Bonchev–Trinajstić information content (AvgIpc) is 3.41. The quantitative estimate of drug-likeness (QED) is 0.696. The molecule has 2 aliphatic heterocycles. The average molecular weight is 468 g/mol. The van der Waals surface area contributed by atoms with Gasteiger partial charge in [-0.25, -0.2) is 4.79 Å². The van der Waals surface area contributed by atoms with Crippen LogP contribution in [-0.2, 0) is 6.18 Å². The molecule has 1 aromatic carbocycles. The fraction of sp³-hybridized carbons (Fsp3) is 0.455. The number of thiophene rings is 1. The number of urea groups is 1. The van der Waals surface area contributed by atoms with Crippen molar-refractivity contribution < 1.29 is 27.5 Å². The van der Waals surface area contributed by atoms with Gasteiger partial charge >= 0.3 is 12.2 Å². The van der Waals surface area contributed by atoms with Crippen molar-refractivity contribution in [3.63, 3.8) is 0 Å². The first-order valence-corrected chi connectivity index (χ1v) is 11.2. The Bertz CT molecular complexity index is 982. The van der Waals surface area contributed by atoms with Crippen LogP contribution >= 0.6 is 11.3 Å². The van der Waals surface area contributed by atoms with Crippen LogP contribution in [-0.4, -0.2) is 55.0 Å². The molecule has 1 spiro atoms. The Labute approximate surface area is 187 Å². The molecule has 0 saturated carbocycles. The molecule has 0 radical (unpaired) electrons. The molecular weight excluding hydrogens is 443 g/mol. The van der Waals surface area contributed by atoms with Crippen molar-refractivity contribution in [2.45, 2.75) is 25.4 Å². The van der Waals surface area contributed by atoms with Crippen LogP contribution in [0.2, 0.25) is 0 Å². The smallest absolute Gasteiger partial charge is 0.416 e. The predicted octanol–water partition coefficient (Wildman–Crippen LogP) is 4.94. The first-order chi connectivity index (χ1) is 15.2. The molecule has 172 valence electrons. The van der Waals surface area contributed by atoms with E-state index in [0.29, 0.717) is 41.8 Å². The third kappa shape index (κ3) is 4.69. The van der Waals surface area contributed by atoms with Gasteiger partial charge in [0.05, 0.1) is 17.6 Å². The topological polar surface area (TPSA) is 61.9 Å². The highest BCUT2D eigenvalue weighted by atomic mass is 32.1. The molecule has 32 heavy (non-hydrogen) atoms. The Morgan fingerprint density at radius 2 is 1.62 bits per heavy atom. The van der Waals surface area contributed by atoms with Gasteiger partial charge in [0.2, 0.25) is 0 Å². The number of anilines is 1. The van der Waals surface area contributed by atoms with Crippen molar-refractivity contribution in [2.75, 3.05) is 38.6 Å². The Morgan fingerprint density at radius 1 is 1.00 bits per heavy atom. The molecule has 1 N–H and O–H groups in total. The first-order valence-electron chi connectivity index (χ1n) is 10.4. The Hall–Kier alpha value is -2.75. The maximum atomic E-state index is 12.7. The summed E-state index contributed by atoms with van der Waals surface area (Å²) < 4.78 is 43.2. The number of ether oxygens (including phenoxy) is 1. The Balaban J connectivity index is 1.30. The van der Waals surface area contributed by atoms with Crippen LogP contribution in [0.5, 0.6) is 5.06 Å². The van der Waals surface area contributed by atoms with E-state index in [2.05, 4.69) is 5.32 Å². The van der Waals surface area contributed by atoms with Gasteiger partial charge in [0.15, 0.2) is 5.06 Å². The van der Waals surface area contributed by atoms with E-state index in [1.165, 1.54) is 23.5 Å². The molecule has 4 rings (SSSR count). The van der Waals surface area contributed by atoms with Crippen LogP contribution < -0.4 is 10.1 Å². The zero-order chi connectivity index (χ0) is 22.9. The SMILES string of the molecule is COc1ccc(C(=O)N2CCC3(CCN(C(=O)Nc4ccc(C(F)(F)F)cc4)C3)CC2)s1. The number of halogens is 3. The van der Waals surface area contributed by atoms with Gasteiger partial charge in [-0.1, -0.05) is 11.3 Å². The van der Waals surface area contributed by atoms with Gasteiger partial charge in [0.1, 0.15) is 0 Å². The summed E-state index contributed by atoms with van der Waals surface area (Å²) in [6.45, 7) is 2.43. The van der Waals surface area contributed by atoms with E-state index in [9.17, 15) is 22.8 Å². The molecule has 0 atom stereocenters. The minimum atomic E-state index is -4.41. The number of carbonyl (C=O) groups excluding carboxylic acids is 2. The molecule has 3 heterocycles. The van der Waals surface area contributed by atoms with E-state index in [1.54, 1.807) is 24.1 Å². The zero-order valence-electron chi connectivity index (χ0n) is 17.6. The summed E-state index contributed by atoms with van der Waals surface area (Å²) in [5.41, 5.74) is -0.449. The van der Waals surface area contributed by atoms with E-state index >= 15 is 0 Å². The van der Waals surface area contributed by atoms with Crippen LogP contribution in [0.1, 0.15) is 34.5 Å². The second kappa shape index (κ2) is 8.65. The molecule has 2 aliphatic rings. The summed E-state index contributed by atoms with van der Waals surface area (Å²) in [5.74, 6) is 0.00282. The summed E-state index contributed by atoms with van der Waals surface area (Å²) in [6.07, 6.45) is -1.94. The lowest BCUT2D eigenvalue weighted by Gasteiger charge is -2.39. The number of carbonyl (C=O) groups is 2. The summed E-state index contributed by atoms with van der Waals surface area (Å²) in [6, 6.07) is 7.68. The second-order valence-corrected chi connectivity index (χ2v) is 9.34. The summed E-state index contributed by atoms with van der Waals surface area (Å²) in [5, 5.41) is 3.39. The van der Waals surface area contributed by atoms with Crippen LogP contribution in [0.25, 0.3) is 0 Å². The Morgan fingerprint density at radius 3 is 2.19 bits per heavy atom. The number of hydrogen-bond donors (Lipinski definition) is 1. The van der Waals surface area contributed by atoms with Gasteiger partial charge in [-0.05, 0) is 61.1 Å². The van der Waals surface area contributed by atoms with Gasteiger partial charge < -0.3 is 19.9 Å². The van der Waals surface area contributed by atoms with Crippen LogP contribution in [0.4, 0.5) is 23.7 Å². The van der Waals surface area contributed by atoms with Gasteiger partial charge in [-0.15, -0.1) is 0 Å². The van der Waals surface area contributed by atoms with E-state index < -0.39 is 11.7 Å². The van der Waals surface area contributed by atoms with Crippen molar-refractivity contribution in [1.82, 2.24) is 9.80 Å². The standard InChI is InChI=1S/C22H24F3N3O3S/c1-31-18-7-6-17(32-18)19(29)27-11-8-21(9-12-27)10-13-28(14-21)20(30)26-16-4-2-15(3-5-16)22(23,24)25/h2-7H,8-14H2,1H3,(H,26,30). The van der Waals surface area contributed by atoms with Gasteiger partial charge in [0, 0.05) is 31.9 Å². The van der Waals surface area contributed by atoms with Crippen molar-refractivity contribution >= 4 is 29.0 Å².